The first-order valence-electron chi connectivity index (χ1n) is 6.76. The molecule has 0 aliphatic rings. The lowest BCUT2D eigenvalue weighted by molar-refractivity contribution is 0.127. The van der Waals surface area contributed by atoms with E-state index in [0.29, 0.717) is 18.9 Å². The predicted molar refractivity (Wildman–Crippen MR) is 78.9 cm³/mol. The van der Waals surface area contributed by atoms with E-state index in [1.165, 1.54) is 0 Å². The van der Waals surface area contributed by atoms with Crippen molar-refractivity contribution in [2.24, 2.45) is 0 Å². The smallest absolute Gasteiger partial charge is 0.130 e. The second-order valence-electron chi connectivity index (χ2n) is 4.45. The van der Waals surface area contributed by atoms with Gasteiger partial charge in [0.05, 0.1) is 33.5 Å². The van der Waals surface area contributed by atoms with Gasteiger partial charge >= 0.3 is 0 Å². The molecule has 0 saturated carbocycles. The van der Waals surface area contributed by atoms with Gasteiger partial charge in [-0.05, 0) is 13.8 Å². The second-order valence-corrected chi connectivity index (χ2v) is 4.45. The van der Waals surface area contributed by atoms with E-state index in [1.807, 2.05) is 19.1 Å². The molecule has 0 saturated heterocycles. The molecule has 0 aliphatic carbocycles. The minimum Gasteiger partial charge on any atom is -0.496 e. The van der Waals surface area contributed by atoms with Crippen molar-refractivity contribution in [2.45, 2.75) is 26.4 Å². The fraction of sp³-hybridized carbons (Fsp3) is 0.600. The van der Waals surface area contributed by atoms with Gasteiger partial charge < -0.3 is 24.3 Å². The Morgan fingerprint density at radius 2 is 1.65 bits per heavy atom. The van der Waals surface area contributed by atoms with Crippen LogP contribution in [0.5, 0.6) is 17.2 Å². The molecule has 5 nitrogen and oxygen atoms in total. The highest BCUT2D eigenvalue weighted by atomic mass is 16.5. The van der Waals surface area contributed by atoms with Crippen molar-refractivity contribution in [2.75, 3.05) is 34.5 Å². The number of nitrogens with one attached hydrogen (secondary N) is 1. The first kappa shape index (κ1) is 16.6. The molecule has 20 heavy (non-hydrogen) atoms. The third-order valence-electron chi connectivity index (χ3n) is 3.02. The number of methoxy groups -OCH3 is 3. The second kappa shape index (κ2) is 8.66. The van der Waals surface area contributed by atoms with Crippen LogP contribution in [0.4, 0.5) is 0 Å². The Morgan fingerprint density at radius 3 is 2.10 bits per heavy atom. The van der Waals surface area contributed by atoms with Crippen molar-refractivity contribution >= 4 is 0 Å². The maximum absolute atomic E-state index is 5.41. The summed E-state index contributed by atoms with van der Waals surface area (Å²) in [5.41, 5.74) is 0.971. The van der Waals surface area contributed by atoms with Gasteiger partial charge in [-0.1, -0.05) is 0 Å². The van der Waals surface area contributed by atoms with Crippen molar-refractivity contribution in [1.29, 1.82) is 0 Å². The number of hydrogen-bond acceptors (Lipinski definition) is 5. The quantitative estimate of drug-likeness (QED) is 0.753. The van der Waals surface area contributed by atoms with Crippen LogP contribution >= 0.6 is 0 Å². The highest BCUT2D eigenvalue weighted by Crippen LogP contribution is 2.33. The molecule has 1 N–H and O–H groups in total. The SMILES string of the molecule is CCOCC(C)NCc1c(OC)cc(OC)cc1OC. The van der Waals surface area contributed by atoms with Crippen molar-refractivity contribution in [3.8, 4) is 17.2 Å². The summed E-state index contributed by atoms with van der Waals surface area (Å²) in [5.74, 6) is 2.21. The van der Waals surface area contributed by atoms with E-state index < -0.39 is 0 Å². The van der Waals surface area contributed by atoms with Gasteiger partial charge in [-0.3, -0.25) is 0 Å². The van der Waals surface area contributed by atoms with E-state index in [0.717, 1.165) is 23.7 Å². The van der Waals surface area contributed by atoms with Gasteiger partial charge in [0.15, 0.2) is 0 Å². The zero-order valence-corrected chi connectivity index (χ0v) is 13.0. The molecule has 0 bridgehead atoms. The Morgan fingerprint density at radius 1 is 1.05 bits per heavy atom. The van der Waals surface area contributed by atoms with E-state index in [2.05, 4.69) is 12.2 Å². The molecule has 0 fully saturated rings. The van der Waals surface area contributed by atoms with Gasteiger partial charge in [0.25, 0.3) is 0 Å². The summed E-state index contributed by atoms with van der Waals surface area (Å²) < 4.78 is 21.4. The average Bonchev–Trinajstić information content (AvgIpc) is 2.49. The van der Waals surface area contributed by atoms with Crippen LogP contribution in [0, 0.1) is 0 Å². The molecule has 1 aromatic carbocycles. The summed E-state index contributed by atoms with van der Waals surface area (Å²) >= 11 is 0. The van der Waals surface area contributed by atoms with Crippen LogP contribution in [-0.2, 0) is 11.3 Å². The molecule has 0 spiro atoms. The molecule has 0 radical (unpaired) electrons. The third-order valence-corrected chi connectivity index (χ3v) is 3.02. The van der Waals surface area contributed by atoms with Crippen LogP contribution in [0.15, 0.2) is 12.1 Å². The topological polar surface area (TPSA) is 49.0 Å². The summed E-state index contributed by atoms with van der Waals surface area (Å²) in [4.78, 5) is 0. The molecule has 0 aromatic heterocycles. The lowest BCUT2D eigenvalue weighted by Crippen LogP contribution is -2.30. The normalized spacial score (nSPS) is 12.1. The number of ether oxygens (including phenoxy) is 4. The first-order valence-corrected chi connectivity index (χ1v) is 6.76. The Balaban J connectivity index is 2.81. The molecular weight excluding hydrogens is 258 g/mol. The summed E-state index contributed by atoms with van der Waals surface area (Å²) in [5, 5.41) is 3.39. The Hall–Kier alpha value is -1.46. The predicted octanol–water partition coefficient (Wildman–Crippen LogP) is 2.23. The van der Waals surface area contributed by atoms with E-state index in [9.17, 15) is 0 Å². The molecule has 0 heterocycles. The van der Waals surface area contributed by atoms with Crippen LogP contribution in [0.2, 0.25) is 0 Å². The Bertz CT molecular complexity index is 384. The molecule has 1 atom stereocenters. The average molecular weight is 283 g/mol. The van der Waals surface area contributed by atoms with E-state index in [-0.39, 0.29) is 6.04 Å². The van der Waals surface area contributed by atoms with Gasteiger partial charge in [0.2, 0.25) is 0 Å². The van der Waals surface area contributed by atoms with Crippen LogP contribution in [-0.4, -0.2) is 40.6 Å². The Kier molecular flexibility index (Phi) is 7.18. The van der Waals surface area contributed by atoms with Crippen molar-refractivity contribution in [3.63, 3.8) is 0 Å². The summed E-state index contributed by atoms with van der Waals surface area (Å²) in [6, 6.07) is 3.96. The highest BCUT2D eigenvalue weighted by Gasteiger charge is 2.14. The van der Waals surface area contributed by atoms with Crippen molar-refractivity contribution in [3.05, 3.63) is 17.7 Å². The fourth-order valence-electron chi connectivity index (χ4n) is 1.88. The molecule has 5 heteroatoms. The minimum absolute atomic E-state index is 0.256. The molecule has 114 valence electrons. The third kappa shape index (κ3) is 4.58. The Labute approximate surface area is 121 Å². The van der Waals surface area contributed by atoms with Gasteiger partial charge in [-0.25, -0.2) is 0 Å². The molecule has 1 rings (SSSR count). The zero-order chi connectivity index (χ0) is 15.0. The molecular formula is C15H25NO4. The molecule has 0 aliphatic heterocycles. The maximum atomic E-state index is 5.41. The lowest BCUT2D eigenvalue weighted by Gasteiger charge is -2.18. The number of hydrogen-bond donors (Lipinski definition) is 1. The van der Waals surface area contributed by atoms with Crippen LogP contribution in [0.1, 0.15) is 19.4 Å². The van der Waals surface area contributed by atoms with Gasteiger partial charge in [0.1, 0.15) is 17.2 Å². The van der Waals surface area contributed by atoms with Gasteiger partial charge in [-0.2, -0.15) is 0 Å². The van der Waals surface area contributed by atoms with Gasteiger partial charge in [0, 0.05) is 31.3 Å². The van der Waals surface area contributed by atoms with Crippen LogP contribution in [0.3, 0.4) is 0 Å². The minimum atomic E-state index is 0.256. The first-order chi connectivity index (χ1) is 9.65. The highest BCUT2D eigenvalue weighted by molar-refractivity contribution is 5.50. The van der Waals surface area contributed by atoms with E-state index >= 15 is 0 Å². The number of benzene rings is 1. The monoisotopic (exact) mass is 283 g/mol. The largest absolute Gasteiger partial charge is 0.496 e. The summed E-state index contributed by atoms with van der Waals surface area (Å²) in [6.07, 6.45) is 0. The lowest BCUT2D eigenvalue weighted by atomic mass is 10.1. The van der Waals surface area contributed by atoms with Crippen LogP contribution < -0.4 is 19.5 Å². The number of rotatable bonds is 9. The summed E-state index contributed by atoms with van der Waals surface area (Å²) in [7, 11) is 4.90. The maximum Gasteiger partial charge on any atom is 0.130 e. The molecule has 1 aromatic rings. The van der Waals surface area contributed by atoms with Crippen molar-refractivity contribution in [1.82, 2.24) is 5.32 Å². The summed E-state index contributed by atoms with van der Waals surface area (Å²) in [6.45, 7) is 6.11. The standard InChI is InChI=1S/C15H25NO4/c1-6-20-10-11(2)16-9-13-14(18-4)7-12(17-3)8-15(13)19-5/h7-8,11,16H,6,9-10H2,1-5H3. The molecule has 1 unspecified atom stereocenters. The van der Waals surface area contributed by atoms with E-state index in [1.54, 1.807) is 21.3 Å². The zero-order valence-electron chi connectivity index (χ0n) is 13.0. The molecule has 0 amide bonds. The van der Waals surface area contributed by atoms with E-state index in [4.69, 9.17) is 18.9 Å². The fourth-order valence-corrected chi connectivity index (χ4v) is 1.88. The van der Waals surface area contributed by atoms with Crippen LogP contribution in [0.25, 0.3) is 0 Å². The van der Waals surface area contributed by atoms with Crippen molar-refractivity contribution < 1.29 is 18.9 Å². The van der Waals surface area contributed by atoms with Gasteiger partial charge in [-0.15, -0.1) is 0 Å².